The molecule has 9 heteroatoms. The van der Waals surface area contributed by atoms with E-state index >= 15 is 0 Å². The van der Waals surface area contributed by atoms with Crippen molar-refractivity contribution in [3.05, 3.63) is 71.6 Å². The highest BCUT2D eigenvalue weighted by atomic mass is 32.2. The Labute approximate surface area is 179 Å². The highest BCUT2D eigenvalue weighted by Gasteiger charge is 2.22. The average molecular weight is 447 g/mol. The summed E-state index contributed by atoms with van der Waals surface area (Å²) in [6, 6.07) is 16.9. The van der Waals surface area contributed by atoms with E-state index in [9.17, 15) is 13.2 Å². The minimum Gasteiger partial charge on any atom is -0.493 e. The van der Waals surface area contributed by atoms with Crippen LogP contribution in [0.5, 0.6) is 11.5 Å². The first kappa shape index (κ1) is 21.7. The molecule has 0 radical (unpaired) electrons. The Balaban J connectivity index is 1.55. The van der Waals surface area contributed by atoms with E-state index in [1.807, 2.05) is 12.1 Å². The lowest BCUT2D eigenvalue weighted by Crippen LogP contribution is -2.28. The van der Waals surface area contributed by atoms with Crippen molar-refractivity contribution in [3.8, 4) is 11.5 Å². The minimum absolute atomic E-state index is 0.266. The maximum atomic E-state index is 12.6. The monoisotopic (exact) mass is 446 g/mol. The lowest BCUT2D eigenvalue weighted by Gasteiger charge is -2.18. The average Bonchev–Trinajstić information content (AvgIpc) is 3.32. The summed E-state index contributed by atoms with van der Waals surface area (Å²) in [5.74, 6) is 0.962. The van der Waals surface area contributed by atoms with E-state index in [1.165, 1.54) is 11.4 Å². The maximum absolute atomic E-state index is 12.6. The number of benzene rings is 2. The predicted molar refractivity (Wildman–Crippen MR) is 117 cm³/mol. The lowest BCUT2D eigenvalue weighted by molar-refractivity contribution is 0.0947. The van der Waals surface area contributed by atoms with Gasteiger partial charge in [0.25, 0.3) is 15.9 Å². The molecule has 7 nitrogen and oxygen atoms in total. The Hall–Kier alpha value is -3.04. The minimum atomic E-state index is -3.61. The number of rotatable bonds is 9. The summed E-state index contributed by atoms with van der Waals surface area (Å²) in [6.07, 6.45) is 0. The van der Waals surface area contributed by atoms with Crippen molar-refractivity contribution >= 4 is 33.0 Å². The Morgan fingerprint density at radius 2 is 1.73 bits per heavy atom. The molecule has 1 N–H and O–H groups in total. The molecule has 30 heavy (non-hydrogen) atoms. The van der Waals surface area contributed by atoms with Crippen LogP contribution in [0.3, 0.4) is 0 Å². The lowest BCUT2D eigenvalue weighted by atomic mass is 10.2. The Kier molecular flexibility index (Phi) is 6.96. The molecule has 2 aromatic carbocycles. The van der Waals surface area contributed by atoms with Crippen LogP contribution in [0.4, 0.5) is 5.69 Å². The van der Waals surface area contributed by atoms with Gasteiger partial charge in [0.15, 0.2) is 11.5 Å². The van der Waals surface area contributed by atoms with Crippen LogP contribution >= 0.6 is 11.3 Å². The van der Waals surface area contributed by atoms with E-state index in [-0.39, 0.29) is 16.7 Å². The normalized spacial score (nSPS) is 11.0. The molecule has 0 fully saturated rings. The van der Waals surface area contributed by atoms with Crippen LogP contribution < -0.4 is 19.1 Å². The standard InChI is InChI=1S/C21H22N2O5S2/c1-23(30(25,26)20-8-5-15-29-20)17-11-9-16(10-12-17)21(24)22-13-14-28-19-7-4-3-6-18(19)27-2/h3-12,15H,13-14H2,1-2H3,(H,22,24). The van der Waals surface area contributed by atoms with Crippen LogP contribution in [-0.2, 0) is 10.0 Å². The van der Waals surface area contributed by atoms with Crippen molar-refractivity contribution in [2.75, 3.05) is 31.6 Å². The molecular formula is C21H22N2O5S2. The second kappa shape index (κ2) is 9.64. The van der Waals surface area contributed by atoms with Gasteiger partial charge in [-0.25, -0.2) is 8.42 Å². The van der Waals surface area contributed by atoms with Gasteiger partial charge in [-0.05, 0) is 47.8 Å². The van der Waals surface area contributed by atoms with Crippen molar-refractivity contribution in [2.24, 2.45) is 0 Å². The topological polar surface area (TPSA) is 84.9 Å². The summed E-state index contributed by atoms with van der Waals surface area (Å²) >= 11 is 1.16. The number of anilines is 1. The number of carbonyl (C=O) groups excluding carboxylic acids is 1. The van der Waals surface area contributed by atoms with Gasteiger partial charge in [0, 0.05) is 12.6 Å². The molecule has 0 aliphatic heterocycles. The SMILES string of the molecule is COc1ccccc1OCCNC(=O)c1ccc(N(C)S(=O)(=O)c2cccs2)cc1. The molecule has 1 heterocycles. The fourth-order valence-corrected chi connectivity index (χ4v) is 5.03. The van der Waals surface area contributed by atoms with Crippen molar-refractivity contribution in [2.45, 2.75) is 4.21 Å². The van der Waals surface area contributed by atoms with E-state index in [1.54, 1.807) is 61.0 Å². The van der Waals surface area contributed by atoms with E-state index in [4.69, 9.17) is 9.47 Å². The zero-order valence-corrected chi connectivity index (χ0v) is 18.2. The van der Waals surface area contributed by atoms with Gasteiger partial charge in [-0.3, -0.25) is 9.10 Å². The molecule has 1 amide bonds. The number of para-hydroxylation sites is 2. The van der Waals surface area contributed by atoms with Crippen LogP contribution in [0.2, 0.25) is 0 Å². The number of amides is 1. The van der Waals surface area contributed by atoms with Gasteiger partial charge in [0.2, 0.25) is 0 Å². The molecule has 0 aliphatic carbocycles. The third kappa shape index (κ3) is 4.92. The second-order valence-electron chi connectivity index (χ2n) is 6.21. The summed E-state index contributed by atoms with van der Waals surface area (Å²) in [5, 5.41) is 4.49. The summed E-state index contributed by atoms with van der Waals surface area (Å²) in [7, 11) is -0.555. The van der Waals surface area contributed by atoms with Gasteiger partial charge in [0.1, 0.15) is 10.8 Å². The Morgan fingerprint density at radius 1 is 1.03 bits per heavy atom. The van der Waals surface area contributed by atoms with Gasteiger partial charge in [-0.15, -0.1) is 11.3 Å². The fraction of sp³-hybridized carbons (Fsp3) is 0.190. The van der Waals surface area contributed by atoms with E-state index in [2.05, 4.69) is 5.32 Å². The molecule has 0 bridgehead atoms. The molecule has 1 aromatic heterocycles. The van der Waals surface area contributed by atoms with Crippen LogP contribution in [-0.4, -0.2) is 41.6 Å². The summed E-state index contributed by atoms with van der Waals surface area (Å²) in [5.41, 5.74) is 0.900. The Morgan fingerprint density at radius 3 is 2.37 bits per heavy atom. The first-order valence-corrected chi connectivity index (χ1v) is 11.4. The number of hydrogen-bond acceptors (Lipinski definition) is 6. The van der Waals surface area contributed by atoms with Crippen molar-refractivity contribution in [1.29, 1.82) is 0 Å². The van der Waals surface area contributed by atoms with Gasteiger partial charge in [0.05, 0.1) is 19.3 Å². The number of ether oxygens (including phenoxy) is 2. The number of methoxy groups -OCH3 is 1. The molecule has 3 rings (SSSR count). The maximum Gasteiger partial charge on any atom is 0.273 e. The van der Waals surface area contributed by atoms with Crippen LogP contribution in [0.1, 0.15) is 10.4 Å². The number of nitrogens with zero attached hydrogens (tertiary/aromatic N) is 1. The van der Waals surface area contributed by atoms with E-state index in [0.29, 0.717) is 29.3 Å². The summed E-state index contributed by atoms with van der Waals surface area (Å²) < 4.78 is 37.5. The quantitative estimate of drug-likeness (QED) is 0.510. The second-order valence-corrected chi connectivity index (χ2v) is 9.35. The zero-order valence-electron chi connectivity index (χ0n) is 16.6. The number of thiophene rings is 1. The summed E-state index contributed by atoms with van der Waals surface area (Å²) in [4.78, 5) is 12.3. The molecule has 0 saturated carbocycles. The van der Waals surface area contributed by atoms with Gasteiger partial charge in [-0.1, -0.05) is 18.2 Å². The predicted octanol–water partition coefficient (Wildman–Crippen LogP) is 3.39. The molecule has 0 aliphatic rings. The zero-order chi connectivity index (χ0) is 21.6. The van der Waals surface area contributed by atoms with Crippen LogP contribution in [0, 0.1) is 0 Å². The van der Waals surface area contributed by atoms with Gasteiger partial charge >= 0.3 is 0 Å². The number of hydrogen-bond donors (Lipinski definition) is 1. The van der Waals surface area contributed by atoms with E-state index in [0.717, 1.165) is 11.3 Å². The van der Waals surface area contributed by atoms with Crippen LogP contribution in [0.25, 0.3) is 0 Å². The molecule has 158 valence electrons. The number of nitrogens with one attached hydrogen (secondary N) is 1. The first-order chi connectivity index (χ1) is 14.4. The largest absolute Gasteiger partial charge is 0.493 e. The summed E-state index contributed by atoms with van der Waals surface area (Å²) in [6.45, 7) is 0.595. The molecular weight excluding hydrogens is 424 g/mol. The van der Waals surface area contributed by atoms with Crippen molar-refractivity contribution < 1.29 is 22.7 Å². The van der Waals surface area contributed by atoms with Crippen molar-refractivity contribution in [3.63, 3.8) is 0 Å². The molecule has 0 spiro atoms. The van der Waals surface area contributed by atoms with Gasteiger partial charge in [-0.2, -0.15) is 0 Å². The Bertz CT molecular complexity index is 1080. The van der Waals surface area contributed by atoms with E-state index < -0.39 is 10.0 Å². The molecule has 0 atom stereocenters. The molecule has 3 aromatic rings. The molecule has 0 unspecified atom stereocenters. The fourth-order valence-electron chi connectivity index (χ4n) is 2.67. The molecule has 0 saturated heterocycles. The van der Waals surface area contributed by atoms with Crippen molar-refractivity contribution in [1.82, 2.24) is 5.32 Å². The highest BCUT2D eigenvalue weighted by Crippen LogP contribution is 2.26. The first-order valence-electron chi connectivity index (χ1n) is 9.10. The third-order valence-electron chi connectivity index (χ3n) is 4.32. The van der Waals surface area contributed by atoms with Gasteiger partial charge < -0.3 is 14.8 Å². The smallest absolute Gasteiger partial charge is 0.273 e. The number of sulfonamides is 1. The highest BCUT2D eigenvalue weighted by molar-refractivity contribution is 7.94. The number of carbonyl (C=O) groups is 1. The van der Waals surface area contributed by atoms with Crippen LogP contribution in [0.15, 0.2) is 70.3 Å². The third-order valence-corrected chi connectivity index (χ3v) is 7.48.